The molecule has 2 saturated heterocycles. The molecule has 0 unspecified atom stereocenters. The molecule has 7 heteroatoms. The van der Waals surface area contributed by atoms with Crippen LogP contribution in [0.15, 0.2) is 21.3 Å². The Labute approximate surface area is 127 Å². The monoisotopic (exact) mass is 312 g/mol. The first-order chi connectivity index (χ1) is 9.38. The minimum absolute atomic E-state index is 0. The van der Waals surface area contributed by atoms with Crippen LogP contribution in [0.3, 0.4) is 0 Å². The van der Waals surface area contributed by atoms with E-state index in [1.807, 2.05) is 16.8 Å². The molecule has 0 aliphatic carbocycles. The molecule has 0 spiro atoms. The molecule has 5 nitrogen and oxygen atoms in total. The summed E-state index contributed by atoms with van der Waals surface area (Å²) < 4.78 is 5.36. The van der Waals surface area contributed by atoms with Gasteiger partial charge in [-0.15, -0.1) is 12.4 Å². The van der Waals surface area contributed by atoms with Crippen molar-refractivity contribution in [2.75, 3.05) is 26.2 Å². The highest BCUT2D eigenvalue weighted by molar-refractivity contribution is 7.08. The first-order valence-electron chi connectivity index (χ1n) is 6.67. The predicted octanol–water partition coefficient (Wildman–Crippen LogP) is 1.87. The van der Waals surface area contributed by atoms with Crippen LogP contribution in [0.1, 0.15) is 5.89 Å². The van der Waals surface area contributed by atoms with Crippen LogP contribution in [0, 0.1) is 11.8 Å². The van der Waals surface area contributed by atoms with E-state index in [2.05, 4.69) is 20.4 Å². The third-order valence-electron chi connectivity index (χ3n) is 4.07. The lowest BCUT2D eigenvalue weighted by atomic mass is 10.0. The van der Waals surface area contributed by atoms with Gasteiger partial charge in [0.1, 0.15) is 0 Å². The third-order valence-corrected chi connectivity index (χ3v) is 4.75. The van der Waals surface area contributed by atoms with Crippen molar-refractivity contribution < 1.29 is 4.52 Å². The molecule has 2 aromatic heterocycles. The second-order valence-electron chi connectivity index (χ2n) is 5.40. The number of aromatic nitrogens is 2. The lowest BCUT2D eigenvalue weighted by molar-refractivity contribution is 0.253. The molecule has 2 fully saturated rings. The molecule has 0 radical (unpaired) electrons. The van der Waals surface area contributed by atoms with Gasteiger partial charge in [0.05, 0.1) is 6.54 Å². The molecule has 0 saturated carbocycles. The van der Waals surface area contributed by atoms with Gasteiger partial charge < -0.3 is 9.84 Å². The van der Waals surface area contributed by atoms with Crippen molar-refractivity contribution in [3.05, 3.63) is 22.7 Å². The molecule has 2 aliphatic heterocycles. The van der Waals surface area contributed by atoms with E-state index in [4.69, 9.17) is 4.52 Å². The summed E-state index contributed by atoms with van der Waals surface area (Å²) in [6, 6.07) is 2.02. The Morgan fingerprint density at radius 1 is 1.35 bits per heavy atom. The van der Waals surface area contributed by atoms with Gasteiger partial charge in [-0.1, -0.05) is 5.16 Å². The highest BCUT2D eigenvalue weighted by Crippen LogP contribution is 2.27. The molecule has 108 valence electrons. The van der Waals surface area contributed by atoms with Crippen LogP contribution in [0.4, 0.5) is 0 Å². The van der Waals surface area contributed by atoms with Gasteiger partial charge in [0.15, 0.2) is 0 Å². The van der Waals surface area contributed by atoms with E-state index in [-0.39, 0.29) is 12.4 Å². The standard InChI is InChI=1S/C13H16N4OS.ClH/c1-2-19-8-9(1)13-15-12(18-16-13)7-17-5-10-3-14-4-11(10)6-17;/h1-2,8,10-11,14H,3-7H2;1H/t10-,11+;. The second kappa shape index (κ2) is 5.81. The zero-order chi connectivity index (χ0) is 12.7. The van der Waals surface area contributed by atoms with Gasteiger partial charge in [0, 0.05) is 24.0 Å². The SMILES string of the molecule is Cl.c1cc(-c2noc(CN3C[C@H]4CNC[C@H]4C3)n2)cs1. The van der Waals surface area contributed by atoms with Gasteiger partial charge in [-0.05, 0) is 36.4 Å². The summed E-state index contributed by atoms with van der Waals surface area (Å²) in [4.78, 5) is 6.91. The highest BCUT2D eigenvalue weighted by atomic mass is 35.5. The molecule has 4 heterocycles. The Morgan fingerprint density at radius 3 is 2.85 bits per heavy atom. The van der Waals surface area contributed by atoms with E-state index >= 15 is 0 Å². The Balaban J connectivity index is 0.00000121. The van der Waals surface area contributed by atoms with Crippen LogP contribution in [-0.2, 0) is 6.54 Å². The highest BCUT2D eigenvalue weighted by Gasteiger charge is 2.36. The van der Waals surface area contributed by atoms with Gasteiger partial charge in [0.2, 0.25) is 11.7 Å². The van der Waals surface area contributed by atoms with Crippen molar-refractivity contribution >= 4 is 23.7 Å². The van der Waals surface area contributed by atoms with E-state index in [1.165, 1.54) is 0 Å². The molecule has 0 amide bonds. The van der Waals surface area contributed by atoms with Gasteiger partial charge in [0.25, 0.3) is 0 Å². The van der Waals surface area contributed by atoms with Gasteiger partial charge in [-0.3, -0.25) is 4.90 Å². The fourth-order valence-corrected chi connectivity index (χ4v) is 3.74. The molecular weight excluding hydrogens is 296 g/mol. The van der Waals surface area contributed by atoms with Gasteiger partial charge >= 0.3 is 0 Å². The molecule has 0 aromatic carbocycles. The van der Waals surface area contributed by atoms with E-state index in [0.717, 1.165) is 56.0 Å². The van der Waals surface area contributed by atoms with E-state index < -0.39 is 0 Å². The molecular formula is C13H17ClN4OS. The molecule has 20 heavy (non-hydrogen) atoms. The normalized spacial score (nSPS) is 25.6. The zero-order valence-electron chi connectivity index (χ0n) is 11.0. The quantitative estimate of drug-likeness (QED) is 0.937. The average molecular weight is 313 g/mol. The summed E-state index contributed by atoms with van der Waals surface area (Å²) >= 11 is 1.65. The minimum atomic E-state index is 0. The zero-order valence-corrected chi connectivity index (χ0v) is 12.6. The molecule has 2 aliphatic rings. The second-order valence-corrected chi connectivity index (χ2v) is 6.18. The maximum absolute atomic E-state index is 5.36. The first-order valence-corrected chi connectivity index (χ1v) is 7.61. The summed E-state index contributed by atoms with van der Waals surface area (Å²) in [5.41, 5.74) is 1.04. The van der Waals surface area contributed by atoms with Crippen molar-refractivity contribution in [3.8, 4) is 11.4 Å². The van der Waals surface area contributed by atoms with Crippen LogP contribution in [0.25, 0.3) is 11.4 Å². The largest absolute Gasteiger partial charge is 0.338 e. The summed E-state index contributed by atoms with van der Waals surface area (Å²) in [5.74, 6) is 3.05. The van der Waals surface area contributed by atoms with Crippen molar-refractivity contribution in [1.29, 1.82) is 0 Å². The Morgan fingerprint density at radius 2 is 2.15 bits per heavy atom. The Kier molecular flexibility index (Phi) is 4.07. The van der Waals surface area contributed by atoms with Crippen LogP contribution in [0.5, 0.6) is 0 Å². The number of nitrogens with one attached hydrogen (secondary N) is 1. The van der Waals surface area contributed by atoms with E-state index in [0.29, 0.717) is 5.82 Å². The number of thiophene rings is 1. The van der Waals surface area contributed by atoms with Crippen molar-refractivity contribution in [2.45, 2.75) is 6.54 Å². The van der Waals surface area contributed by atoms with Gasteiger partial charge in [-0.25, -0.2) is 0 Å². The van der Waals surface area contributed by atoms with Crippen molar-refractivity contribution in [2.24, 2.45) is 11.8 Å². The molecule has 2 atom stereocenters. The number of fused-ring (bicyclic) bond motifs is 1. The number of likely N-dealkylation sites (tertiary alicyclic amines) is 1. The average Bonchev–Trinajstić information content (AvgIpc) is 3.12. The number of rotatable bonds is 3. The lowest BCUT2D eigenvalue weighted by Gasteiger charge is -2.13. The Bertz CT molecular complexity index is 546. The number of hydrogen-bond acceptors (Lipinski definition) is 6. The predicted molar refractivity (Wildman–Crippen MR) is 80.0 cm³/mol. The first kappa shape index (κ1) is 14.0. The van der Waals surface area contributed by atoms with E-state index in [9.17, 15) is 0 Å². The number of hydrogen-bond donors (Lipinski definition) is 1. The summed E-state index contributed by atoms with van der Waals surface area (Å²) in [6.45, 7) is 5.39. The Hall–Kier alpha value is -0.950. The third kappa shape index (κ3) is 2.61. The molecule has 2 aromatic rings. The number of nitrogens with zero attached hydrogens (tertiary/aromatic N) is 3. The van der Waals surface area contributed by atoms with Crippen LogP contribution in [0.2, 0.25) is 0 Å². The fraction of sp³-hybridized carbons (Fsp3) is 0.538. The van der Waals surface area contributed by atoms with E-state index in [1.54, 1.807) is 11.3 Å². The minimum Gasteiger partial charge on any atom is -0.338 e. The summed E-state index contributed by atoms with van der Waals surface area (Å²) in [5, 5.41) is 11.6. The van der Waals surface area contributed by atoms with Crippen molar-refractivity contribution in [3.63, 3.8) is 0 Å². The van der Waals surface area contributed by atoms with Crippen LogP contribution >= 0.6 is 23.7 Å². The van der Waals surface area contributed by atoms with Crippen LogP contribution < -0.4 is 5.32 Å². The molecule has 0 bridgehead atoms. The van der Waals surface area contributed by atoms with Crippen molar-refractivity contribution in [1.82, 2.24) is 20.4 Å². The summed E-state index contributed by atoms with van der Waals surface area (Å²) in [7, 11) is 0. The molecule has 4 rings (SSSR count). The topological polar surface area (TPSA) is 54.2 Å². The van der Waals surface area contributed by atoms with Gasteiger partial charge in [-0.2, -0.15) is 16.3 Å². The smallest absolute Gasteiger partial charge is 0.241 e. The maximum Gasteiger partial charge on any atom is 0.241 e. The molecule has 1 N–H and O–H groups in total. The fourth-order valence-electron chi connectivity index (χ4n) is 3.10. The lowest BCUT2D eigenvalue weighted by Crippen LogP contribution is -2.25. The summed E-state index contributed by atoms with van der Waals surface area (Å²) in [6.07, 6.45) is 0. The van der Waals surface area contributed by atoms with Crippen LogP contribution in [-0.4, -0.2) is 41.2 Å². The maximum atomic E-state index is 5.36. The number of halogens is 1.